The fraction of sp³-hybridized carbons (Fsp3) is 0.0714. The highest BCUT2D eigenvalue weighted by molar-refractivity contribution is 5.34. The van der Waals surface area contributed by atoms with E-state index >= 15 is 0 Å². The summed E-state index contributed by atoms with van der Waals surface area (Å²) in [6, 6.07) is 13.9. The molecule has 0 aliphatic carbocycles. The van der Waals surface area contributed by atoms with Crippen LogP contribution in [0.15, 0.2) is 48.5 Å². The molecule has 2 aromatic carbocycles. The molecule has 4 heteroatoms. The van der Waals surface area contributed by atoms with Gasteiger partial charge in [-0.3, -0.25) is 0 Å². The van der Waals surface area contributed by atoms with Crippen LogP contribution in [0.2, 0.25) is 0 Å². The van der Waals surface area contributed by atoms with Crippen molar-refractivity contribution in [2.75, 3.05) is 0 Å². The fourth-order valence-electron chi connectivity index (χ4n) is 1.43. The summed E-state index contributed by atoms with van der Waals surface area (Å²) in [5, 5.41) is 17.8. The van der Waals surface area contributed by atoms with Crippen LogP contribution >= 0.6 is 0 Å². The maximum atomic E-state index is 12.7. The van der Waals surface area contributed by atoms with Crippen molar-refractivity contribution in [3.05, 3.63) is 59.9 Å². The normalized spacial score (nSPS) is 11.6. The lowest BCUT2D eigenvalue weighted by molar-refractivity contribution is 0.236. The zero-order valence-corrected chi connectivity index (χ0v) is 9.38. The molecule has 0 saturated heterocycles. The Kier molecular flexibility index (Phi) is 3.56. The van der Waals surface area contributed by atoms with Crippen molar-refractivity contribution in [3.63, 3.8) is 0 Å². The minimum absolute atomic E-state index is 0.324. The molecule has 3 nitrogen and oxygen atoms in total. The number of nitriles is 1. The van der Waals surface area contributed by atoms with E-state index in [0.29, 0.717) is 17.1 Å². The molecule has 0 radical (unpaired) electrons. The Hall–Kier alpha value is -2.38. The van der Waals surface area contributed by atoms with Crippen LogP contribution in [0.25, 0.3) is 0 Å². The number of halogens is 1. The molecule has 0 heterocycles. The molecular formula is C14H10FNO2. The molecule has 90 valence electrons. The van der Waals surface area contributed by atoms with Crippen LogP contribution in [0.3, 0.4) is 0 Å². The van der Waals surface area contributed by atoms with Gasteiger partial charge in [0, 0.05) is 0 Å². The van der Waals surface area contributed by atoms with E-state index in [0.717, 1.165) is 0 Å². The van der Waals surface area contributed by atoms with Gasteiger partial charge in [0.15, 0.2) is 6.10 Å². The second-order valence-corrected chi connectivity index (χ2v) is 3.66. The van der Waals surface area contributed by atoms with Crippen LogP contribution in [0, 0.1) is 17.1 Å². The van der Waals surface area contributed by atoms with Crippen molar-refractivity contribution in [1.82, 2.24) is 0 Å². The van der Waals surface area contributed by atoms with Crippen molar-refractivity contribution in [1.29, 1.82) is 5.26 Å². The Morgan fingerprint density at radius 2 is 1.50 bits per heavy atom. The molecule has 2 aromatic rings. The highest BCUT2D eigenvalue weighted by atomic mass is 19.1. The number of aliphatic hydroxyl groups is 1. The van der Waals surface area contributed by atoms with Crippen molar-refractivity contribution in [3.8, 4) is 17.6 Å². The minimum Gasteiger partial charge on any atom is -0.457 e. The van der Waals surface area contributed by atoms with Gasteiger partial charge in [-0.15, -0.1) is 0 Å². The Bertz CT molecular complexity index is 558. The number of aliphatic hydroxyl groups excluding tert-OH is 1. The number of hydrogen-bond acceptors (Lipinski definition) is 3. The van der Waals surface area contributed by atoms with E-state index in [9.17, 15) is 9.50 Å². The van der Waals surface area contributed by atoms with Gasteiger partial charge >= 0.3 is 0 Å². The Balaban J connectivity index is 2.11. The first kappa shape index (κ1) is 12.1. The molecule has 0 amide bonds. The lowest BCUT2D eigenvalue weighted by Crippen LogP contribution is -1.93. The van der Waals surface area contributed by atoms with Crippen molar-refractivity contribution < 1.29 is 14.2 Å². The molecule has 0 aliphatic rings. The predicted octanol–water partition coefficient (Wildman–Crippen LogP) is 3.17. The minimum atomic E-state index is -1.13. The molecule has 0 aromatic heterocycles. The average molecular weight is 243 g/mol. The van der Waals surface area contributed by atoms with Gasteiger partial charge in [-0.1, -0.05) is 12.1 Å². The molecule has 2 rings (SSSR count). The smallest absolute Gasteiger partial charge is 0.165 e. The molecule has 0 fully saturated rings. The van der Waals surface area contributed by atoms with Crippen molar-refractivity contribution in [2.24, 2.45) is 0 Å². The molecule has 0 spiro atoms. The third-order valence-corrected chi connectivity index (χ3v) is 2.37. The maximum Gasteiger partial charge on any atom is 0.165 e. The van der Waals surface area contributed by atoms with E-state index in [1.807, 2.05) is 0 Å². The number of hydrogen-bond donors (Lipinski definition) is 1. The molecule has 1 atom stereocenters. The van der Waals surface area contributed by atoms with Crippen LogP contribution in [0.5, 0.6) is 11.5 Å². The SMILES string of the molecule is N#CC(O)c1ccc(Oc2ccc(F)cc2)cc1. The Labute approximate surface area is 104 Å². The summed E-state index contributed by atoms with van der Waals surface area (Å²) >= 11 is 0. The quantitative estimate of drug-likeness (QED) is 0.842. The van der Waals surface area contributed by atoms with Crippen LogP contribution < -0.4 is 4.74 Å². The number of ether oxygens (including phenoxy) is 1. The van der Waals surface area contributed by atoms with Crippen LogP contribution in [0.1, 0.15) is 11.7 Å². The first-order chi connectivity index (χ1) is 8.69. The molecule has 1 N–H and O–H groups in total. The largest absolute Gasteiger partial charge is 0.457 e. The summed E-state index contributed by atoms with van der Waals surface area (Å²) in [5.41, 5.74) is 0.504. The second kappa shape index (κ2) is 5.30. The van der Waals surface area contributed by atoms with Gasteiger partial charge in [-0.2, -0.15) is 5.26 Å². The lowest BCUT2D eigenvalue weighted by atomic mass is 10.1. The van der Waals surface area contributed by atoms with E-state index in [4.69, 9.17) is 10.00 Å². The van der Waals surface area contributed by atoms with Crippen LogP contribution in [0.4, 0.5) is 4.39 Å². The van der Waals surface area contributed by atoms with Crippen LogP contribution in [-0.2, 0) is 0 Å². The van der Waals surface area contributed by atoms with Gasteiger partial charge in [-0.05, 0) is 42.0 Å². The van der Waals surface area contributed by atoms with Gasteiger partial charge < -0.3 is 9.84 Å². The van der Waals surface area contributed by atoms with Gasteiger partial charge in [0.2, 0.25) is 0 Å². The average Bonchev–Trinajstić information content (AvgIpc) is 2.41. The number of benzene rings is 2. The summed E-state index contributed by atoms with van der Waals surface area (Å²) in [7, 11) is 0. The second-order valence-electron chi connectivity index (χ2n) is 3.66. The highest BCUT2D eigenvalue weighted by Gasteiger charge is 2.05. The Morgan fingerprint density at radius 3 is 2.00 bits per heavy atom. The summed E-state index contributed by atoms with van der Waals surface area (Å²) in [5.74, 6) is 0.746. The van der Waals surface area contributed by atoms with Gasteiger partial charge in [0.05, 0.1) is 6.07 Å². The third kappa shape index (κ3) is 2.84. The molecule has 1 unspecified atom stereocenters. The lowest BCUT2D eigenvalue weighted by Gasteiger charge is -2.07. The zero-order valence-electron chi connectivity index (χ0n) is 9.38. The zero-order chi connectivity index (χ0) is 13.0. The first-order valence-electron chi connectivity index (χ1n) is 5.30. The standard InChI is InChI=1S/C14H10FNO2/c15-11-3-7-13(8-4-11)18-12-5-1-10(2-6-12)14(17)9-16/h1-8,14,17H. The van der Waals surface area contributed by atoms with Gasteiger partial charge in [0.1, 0.15) is 17.3 Å². The summed E-state index contributed by atoms with van der Waals surface area (Å²) in [6.07, 6.45) is -1.13. The molecular weight excluding hydrogens is 233 g/mol. The highest BCUT2D eigenvalue weighted by Crippen LogP contribution is 2.23. The topological polar surface area (TPSA) is 53.2 Å². The molecule has 0 saturated carbocycles. The molecule has 0 bridgehead atoms. The monoisotopic (exact) mass is 243 g/mol. The van der Waals surface area contributed by atoms with E-state index in [-0.39, 0.29) is 5.82 Å². The van der Waals surface area contributed by atoms with E-state index in [1.165, 1.54) is 24.3 Å². The van der Waals surface area contributed by atoms with Gasteiger partial charge in [-0.25, -0.2) is 4.39 Å². The fourth-order valence-corrected chi connectivity index (χ4v) is 1.43. The molecule has 18 heavy (non-hydrogen) atoms. The molecule has 0 aliphatic heterocycles. The number of rotatable bonds is 3. The van der Waals surface area contributed by atoms with Crippen molar-refractivity contribution in [2.45, 2.75) is 6.10 Å². The van der Waals surface area contributed by atoms with E-state index in [2.05, 4.69) is 0 Å². The van der Waals surface area contributed by atoms with Crippen molar-refractivity contribution >= 4 is 0 Å². The number of nitrogens with zero attached hydrogens (tertiary/aromatic N) is 1. The van der Waals surface area contributed by atoms with E-state index in [1.54, 1.807) is 30.3 Å². The summed E-state index contributed by atoms with van der Waals surface area (Å²) < 4.78 is 18.2. The summed E-state index contributed by atoms with van der Waals surface area (Å²) in [4.78, 5) is 0. The predicted molar refractivity (Wildman–Crippen MR) is 63.5 cm³/mol. The Morgan fingerprint density at radius 1 is 1.00 bits per heavy atom. The third-order valence-electron chi connectivity index (χ3n) is 2.37. The van der Waals surface area contributed by atoms with Crippen LogP contribution in [-0.4, -0.2) is 5.11 Å². The first-order valence-corrected chi connectivity index (χ1v) is 5.30. The summed E-state index contributed by atoms with van der Waals surface area (Å²) in [6.45, 7) is 0. The van der Waals surface area contributed by atoms with Gasteiger partial charge in [0.25, 0.3) is 0 Å². The van der Waals surface area contributed by atoms with E-state index < -0.39 is 6.10 Å². The maximum absolute atomic E-state index is 12.7.